The zero-order valence-corrected chi connectivity index (χ0v) is 11.9. The van der Waals surface area contributed by atoms with Gasteiger partial charge in [0.1, 0.15) is 11.4 Å². The van der Waals surface area contributed by atoms with Crippen LogP contribution < -0.4 is 5.32 Å². The molecule has 0 bridgehead atoms. The monoisotopic (exact) mass is 263 g/mol. The maximum Gasteiger partial charge on any atom is 0.407 e. The minimum absolute atomic E-state index is 0.0286. The third kappa shape index (κ3) is 8.02. The van der Waals surface area contributed by atoms with Crippen LogP contribution in [0.25, 0.3) is 0 Å². The fraction of sp³-hybridized carbons (Fsp3) is 0.833. The topological polar surface area (TPSA) is 55.4 Å². The van der Waals surface area contributed by atoms with Crippen molar-refractivity contribution in [3.05, 3.63) is 0 Å². The van der Waals surface area contributed by atoms with Gasteiger partial charge in [-0.25, -0.2) is 4.79 Å². The smallest absolute Gasteiger partial charge is 0.407 e. The molecule has 0 heterocycles. The molecule has 1 amide bonds. The van der Waals surface area contributed by atoms with Gasteiger partial charge >= 0.3 is 6.09 Å². The van der Waals surface area contributed by atoms with Crippen molar-refractivity contribution in [2.24, 2.45) is 5.92 Å². The summed E-state index contributed by atoms with van der Waals surface area (Å²) in [5.74, 6) is 0.0373. The molecule has 0 saturated heterocycles. The molecule has 0 aliphatic carbocycles. The van der Waals surface area contributed by atoms with Crippen molar-refractivity contribution in [3.63, 3.8) is 0 Å². The Kier molecular flexibility index (Phi) is 6.53. The van der Waals surface area contributed by atoms with Gasteiger partial charge in [0, 0.05) is 12.5 Å². The molecule has 0 aromatic rings. The summed E-state index contributed by atoms with van der Waals surface area (Å²) >= 11 is 5.45. The number of ketones is 1. The molecule has 0 aliphatic rings. The summed E-state index contributed by atoms with van der Waals surface area (Å²) in [5.41, 5.74) is -0.540. The molecule has 1 atom stereocenters. The first-order valence-corrected chi connectivity index (χ1v) is 6.26. The normalized spacial score (nSPS) is 13.4. The van der Waals surface area contributed by atoms with Crippen LogP contribution in [0.15, 0.2) is 0 Å². The van der Waals surface area contributed by atoms with E-state index in [1.165, 1.54) is 0 Å². The molecule has 100 valence electrons. The van der Waals surface area contributed by atoms with Crippen molar-refractivity contribution < 1.29 is 14.3 Å². The van der Waals surface area contributed by atoms with Crippen LogP contribution in [-0.4, -0.2) is 29.4 Å². The van der Waals surface area contributed by atoms with Gasteiger partial charge < -0.3 is 10.1 Å². The lowest BCUT2D eigenvalue weighted by molar-refractivity contribution is -0.117. The van der Waals surface area contributed by atoms with Crippen molar-refractivity contribution in [1.82, 2.24) is 5.32 Å². The maximum atomic E-state index is 11.6. The molecule has 4 nitrogen and oxygen atoms in total. The minimum atomic E-state index is -0.540. The van der Waals surface area contributed by atoms with E-state index in [0.717, 1.165) is 0 Å². The highest BCUT2D eigenvalue weighted by Crippen LogP contribution is 2.11. The van der Waals surface area contributed by atoms with Gasteiger partial charge in [0.05, 0.1) is 5.88 Å². The molecule has 0 saturated carbocycles. The Morgan fingerprint density at radius 2 is 1.82 bits per heavy atom. The van der Waals surface area contributed by atoms with Crippen LogP contribution in [0.4, 0.5) is 4.79 Å². The Hall–Kier alpha value is -0.770. The number of hydrogen-bond donors (Lipinski definition) is 1. The van der Waals surface area contributed by atoms with Gasteiger partial charge in [-0.15, -0.1) is 11.6 Å². The van der Waals surface area contributed by atoms with Gasteiger partial charge in [0.25, 0.3) is 0 Å². The lowest BCUT2D eigenvalue weighted by atomic mass is 9.99. The molecular formula is C12H22ClNO3. The maximum absolute atomic E-state index is 11.6. The van der Waals surface area contributed by atoms with Crippen LogP contribution in [0.5, 0.6) is 0 Å². The van der Waals surface area contributed by atoms with Gasteiger partial charge in [-0.05, 0) is 26.7 Å². The van der Waals surface area contributed by atoms with Crippen LogP contribution >= 0.6 is 11.6 Å². The van der Waals surface area contributed by atoms with Crippen molar-refractivity contribution in [2.45, 2.75) is 52.7 Å². The number of Topliss-reactive ketones (excluding diaryl/α,β-unsaturated/α-hetero) is 1. The molecule has 0 aromatic heterocycles. The van der Waals surface area contributed by atoms with Crippen LogP contribution in [0.3, 0.4) is 0 Å². The molecule has 0 spiro atoms. The van der Waals surface area contributed by atoms with E-state index in [0.29, 0.717) is 0 Å². The van der Waals surface area contributed by atoms with Crippen LogP contribution in [0.1, 0.15) is 41.0 Å². The van der Waals surface area contributed by atoms with E-state index in [2.05, 4.69) is 5.32 Å². The van der Waals surface area contributed by atoms with Gasteiger partial charge in [0.2, 0.25) is 0 Å². The third-order valence-corrected chi connectivity index (χ3v) is 2.40. The number of nitrogens with one attached hydrogen (secondary N) is 1. The number of alkyl carbamates (subject to hydrolysis) is 1. The van der Waals surface area contributed by atoms with Crippen molar-refractivity contribution in [2.75, 3.05) is 5.88 Å². The van der Waals surface area contributed by atoms with E-state index in [1.807, 2.05) is 13.8 Å². The largest absolute Gasteiger partial charge is 0.444 e. The van der Waals surface area contributed by atoms with Gasteiger partial charge in [-0.2, -0.15) is 0 Å². The lowest BCUT2D eigenvalue weighted by Gasteiger charge is -2.25. The Bertz CT molecular complexity index is 271. The van der Waals surface area contributed by atoms with E-state index >= 15 is 0 Å². The first-order valence-electron chi connectivity index (χ1n) is 5.73. The van der Waals surface area contributed by atoms with Gasteiger partial charge in [-0.1, -0.05) is 13.8 Å². The molecular weight excluding hydrogens is 242 g/mol. The number of amides is 1. The summed E-state index contributed by atoms with van der Waals surface area (Å²) in [6.07, 6.45) is -0.265. The first kappa shape index (κ1) is 16.2. The number of rotatable bonds is 5. The van der Waals surface area contributed by atoms with Crippen LogP contribution in [-0.2, 0) is 9.53 Å². The van der Waals surface area contributed by atoms with E-state index in [4.69, 9.17) is 16.3 Å². The fourth-order valence-corrected chi connectivity index (χ4v) is 1.32. The van der Waals surface area contributed by atoms with E-state index in [-0.39, 0.29) is 30.0 Å². The number of carbonyl (C=O) groups excluding carboxylic acids is 2. The number of carbonyl (C=O) groups is 2. The highest BCUT2D eigenvalue weighted by molar-refractivity contribution is 6.27. The Labute approximate surface area is 108 Å². The van der Waals surface area contributed by atoms with E-state index in [9.17, 15) is 9.59 Å². The Morgan fingerprint density at radius 3 is 2.18 bits per heavy atom. The second kappa shape index (κ2) is 6.84. The highest BCUT2D eigenvalue weighted by Gasteiger charge is 2.22. The number of ether oxygens (including phenoxy) is 1. The van der Waals surface area contributed by atoms with Crippen LogP contribution in [0.2, 0.25) is 0 Å². The average Bonchev–Trinajstić information content (AvgIpc) is 2.13. The first-order chi connectivity index (χ1) is 7.65. The summed E-state index contributed by atoms with van der Waals surface area (Å²) in [5, 5.41) is 2.70. The molecule has 1 N–H and O–H groups in total. The predicted molar refractivity (Wildman–Crippen MR) is 68.3 cm³/mol. The number of halogens is 1. The minimum Gasteiger partial charge on any atom is -0.444 e. The standard InChI is InChI=1S/C12H22ClNO3/c1-8(2)10(6-9(15)7-13)14-11(16)17-12(3,4)5/h8,10H,6-7H2,1-5H3,(H,14,16). The van der Waals surface area contributed by atoms with Crippen molar-refractivity contribution in [1.29, 1.82) is 0 Å². The average molecular weight is 264 g/mol. The molecule has 0 fully saturated rings. The third-order valence-electron chi connectivity index (χ3n) is 2.10. The summed E-state index contributed by atoms with van der Waals surface area (Å²) in [6.45, 7) is 9.25. The van der Waals surface area contributed by atoms with Gasteiger partial charge in [-0.3, -0.25) is 4.79 Å². The second-order valence-electron chi connectivity index (χ2n) is 5.37. The summed E-state index contributed by atoms with van der Waals surface area (Å²) < 4.78 is 5.14. The van der Waals surface area contributed by atoms with E-state index in [1.54, 1.807) is 20.8 Å². The zero-order chi connectivity index (χ0) is 13.6. The molecule has 0 radical (unpaired) electrons. The highest BCUT2D eigenvalue weighted by atomic mass is 35.5. The second-order valence-corrected chi connectivity index (χ2v) is 5.64. The summed E-state index contributed by atoms with van der Waals surface area (Å²) in [7, 11) is 0. The summed E-state index contributed by atoms with van der Waals surface area (Å²) in [6, 6.07) is -0.240. The molecule has 0 aromatic carbocycles. The Morgan fingerprint density at radius 1 is 1.29 bits per heavy atom. The van der Waals surface area contributed by atoms with Crippen LogP contribution in [0, 0.1) is 5.92 Å². The summed E-state index contributed by atoms with van der Waals surface area (Å²) in [4.78, 5) is 22.8. The van der Waals surface area contributed by atoms with Crippen molar-refractivity contribution in [3.8, 4) is 0 Å². The predicted octanol–water partition coefficient (Wildman–Crippen LogP) is 2.73. The SMILES string of the molecule is CC(C)C(CC(=O)CCl)NC(=O)OC(C)(C)C. The lowest BCUT2D eigenvalue weighted by Crippen LogP contribution is -2.43. The molecule has 1 unspecified atom stereocenters. The molecule has 0 aliphatic heterocycles. The zero-order valence-electron chi connectivity index (χ0n) is 11.2. The van der Waals surface area contributed by atoms with Crippen molar-refractivity contribution >= 4 is 23.5 Å². The Balaban J connectivity index is 4.35. The van der Waals surface area contributed by atoms with Gasteiger partial charge in [0.15, 0.2) is 0 Å². The van der Waals surface area contributed by atoms with E-state index < -0.39 is 11.7 Å². The molecule has 17 heavy (non-hydrogen) atoms. The fourth-order valence-electron chi connectivity index (χ4n) is 1.21. The molecule has 5 heteroatoms. The quantitative estimate of drug-likeness (QED) is 0.776. The molecule has 0 rings (SSSR count). The number of hydrogen-bond acceptors (Lipinski definition) is 3. The number of alkyl halides is 1.